The van der Waals surface area contributed by atoms with Gasteiger partial charge in [0.2, 0.25) is 0 Å². The van der Waals surface area contributed by atoms with Gasteiger partial charge in [0.05, 0.1) is 33.4 Å². The first-order chi connectivity index (χ1) is 16.4. The van der Waals surface area contributed by atoms with Gasteiger partial charge < -0.3 is 0 Å². The molecule has 0 saturated heterocycles. The molecule has 3 aromatic carbocycles. The molecule has 170 valence electrons. The van der Waals surface area contributed by atoms with Crippen molar-refractivity contribution >= 4 is 35.6 Å². The topological polar surface area (TPSA) is 169 Å². The number of hydrazone groups is 2. The van der Waals surface area contributed by atoms with E-state index in [2.05, 4.69) is 21.1 Å². The molecule has 12 nitrogen and oxygen atoms in total. The zero-order valence-corrected chi connectivity index (χ0v) is 17.3. The van der Waals surface area contributed by atoms with E-state index in [1.807, 2.05) is 0 Å². The van der Waals surface area contributed by atoms with Crippen LogP contribution in [0.5, 0.6) is 0 Å². The molecule has 0 aliphatic heterocycles. The van der Waals surface area contributed by atoms with Crippen LogP contribution in [0.15, 0.2) is 83.0 Å². The molecule has 0 heterocycles. The number of hydrogen-bond acceptors (Lipinski definition) is 8. The number of carbonyl (C=O) groups is 2. The van der Waals surface area contributed by atoms with E-state index in [4.69, 9.17) is 0 Å². The maximum absolute atomic E-state index is 12.2. The maximum atomic E-state index is 12.2. The third-order valence-electron chi connectivity index (χ3n) is 4.42. The van der Waals surface area contributed by atoms with Crippen molar-refractivity contribution < 1.29 is 19.4 Å². The number of nitro benzene ring substituents is 2. The summed E-state index contributed by atoms with van der Waals surface area (Å²) in [4.78, 5) is 45.3. The number of benzene rings is 3. The van der Waals surface area contributed by atoms with Crippen LogP contribution in [0.3, 0.4) is 0 Å². The second kappa shape index (κ2) is 10.9. The standard InChI is InChI=1S/C22H16N6O6/c29-21(25-23-13-17-5-1-3-7-19(17)27(31)32)15-9-11-16(12-10-15)22(30)26-24-14-18-6-2-4-8-20(18)28(33)34/h1-14H,(H,25,29)(H,26,30)/b23-13-,24-14-. The van der Waals surface area contributed by atoms with Crippen LogP contribution in [0, 0.1) is 20.2 Å². The molecule has 0 aliphatic carbocycles. The Balaban J connectivity index is 1.59. The fraction of sp³-hybridized carbons (Fsp3) is 0. The highest BCUT2D eigenvalue weighted by atomic mass is 16.6. The maximum Gasteiger partial charge on any atom is 0.278 e. The van der Waals surface area contributed by atoms with Gasteiger partial charge in [-0.25, -0.2) is 10.9 Å². The molecule has 0 aromatic heterocycles. The number of amides is 2. The lowest BCUT2D eigenvalue weighted by Gasteiger charge is -2.03. The van der Waals surface area contributed by atoms with Gasteiger partial charge in [-0.3, -0.25) is 29.8 Å². The lowest BCUT2D eigenvalue weighted by atomic mass is 10.1. The smallest absolute Gasteiger partial charge is 0.267 e. The van der Waals surface area contributed by atoms with Crippen LogP contribution in [0.2, 0.25) is 0 Å². The second-order valence-corrected chi connectivity index (χ2v) is 6.61. The summed E-state index contributed by atoms with van der Waals surface area (Å²) in [6.45, 7) is 0. The first-order valence-electron chi connectivity index (χ1n) is 9.60. The van der Waals surface area contributed by atoms with Gasteiger partial charge in [-0.1, -0.05) is 24.3 Å². The van der Waals surface area contributed by atoms with E-state index < -0.39 is 21.7 Å². The molecule has 12 heteroatoms. The highest BCUT2D eigenvalue weighted by Gasteiger charge is 2.12. The molecule has 2 N–H and O–H groups in total. The number of nitrogens with zero attached hydrogens (tertiary/aromatic N) is 4. The molecule has 2 amide bonds. The Morgan fingerprint density at radius 1 is 0.647 bits per heavy atom. The molecule has 3 rings (SSSR count). The molecule has 0 radical (unpaired) electrons. The molecule has 0 unspecified atom stereocenters. The average molecular weight is 460 g/mol. The van der Waals surface area contributed by atoms with E-state index in [1.54, 1.807) is 12.1 Å². The molecular weight excluding hydrogens is 444 g/mol. The van der Waals surface area contributed by atoms with Crippen LogP contribution in [-0.4, -0.2) is 34.1 Å². The monoisotopic (exact) mass is 460 g/mol. The molecule has 0 atom stereocenters. The SMILES string of the molecule is O=C(N/N=C\c1ccccc1[N+](=O)[O-])c1ccc(C(=O)N/N=C\c2ccccc2[N+](=O)[O-])cc1. The van der Waals surface area contributed by atoms with Gasteiger partial charge in [-0.05, 0) is 36.4 Å². The summed E-state index contributed by atoms with van der Waals surface area (Å²) in [6, 6.07) is 17.4. The number of rotatable bonds is 8. The highest BCUT2D eigenvalue weighted by Crippen LogP contribution is 2.16. The lowest BCUT2D eigenvalue weighted by molar-refractivity contribution is -0.385. The molecule has 0 fully saturated rings. The van der Waals surface area contributed by atoms with Gasteiger partial charge in [-0.2, -0.15) is 10.2 Å². The summed E-state index contributed by atoms with van der Waals surface area (Å²) in [5.74, 6) is -1.17. The second-order valence-electron chi connectivity index (χ2n) is 6.61. The van der Waals surface area contributed by atoms with Crippen molar-refractivity contribution in [3.8, 4) is 0 Å². The van der Waals surface area contributed by atoms with Crippen LogP contribution < -0.4 is 10.9 Å². The minimum absolute atomic E-state index is 0.152. The van der Waals surface area contributed by atoms with E-state index >= 15 is 0 Å². The van der Waals surface area contributed by atoms with E-state index in [-0.39, 0.29) is 33.6 Å². The van der Waals surface area contributed by atoms with Gasteiger partial charge in [0, 0.05) is 23.3 Å². The fourth-order valence-corrected chi connectivity index (χ4v) is 2.75. The Morgan fingerprint density at radius 3 is 1.35 bits per heavy atom. The summed E-state index contributed by atoms with van der Waals surface area (Å²) >= 11 is 0. The van der Waals surface area contributed by atoms with Gasteiger partial charge in [-0.15, -0.1) is 0 Å². The van der Waals surface area contributed by atoms with Gasteiger partial charge in [0.25, 0.3) is 23.2 Å². The number of para-hydroxylation sites is 2. The van der Waals surface area contributed by atoms with E-state index in [0.29, 0.717) is 0 Å². The Morgan fingerprint density at radius 2 is 1.00 bits per heavy atom. The van der Waals surface area contributed by atoms with Crippen molar-refractivity contribution in [2.75, 3.05) is 0 Å². The van der Waals surface area contributed by atoms with Gasteiger partial charge in [0.1, 0.15) is 0 Å². The first-order valence-corrected chi connectivity index (χ1v) is 9.60. The van der Waals surface area contributed by atoms with Gasteiger partial charge in [0.15, 0.2) is 0 Å². The summed E-state index contributed by atoms with van der Waals surface area (Å²) in [6.07, 6.45) is 2.32. The van der Waals surface area contributed by atoms with E-state index in [9.17, 15) is 29.8 Å². The Bertz CT molecular complexity index is 1200. The molecule has 0 aliphatic rings. The summed E-state index contributed by atoms with van der Waals surface area (Å²) in [5, 5.41) is 29.5. The molecule has 0 spiro atoms. The highest BCUT2D eigenvalue weighted by molar-refractivity contribution is 5.98. The number of nitrogens with one attached hydrogen (secondary N) is 2. The first kappa shape index (κ1) is 23.4. The van der Waals surface area contributed by atoms with Crippen molar-refractivity contribution in [3.63, 3.8) is 0 Å². The number of hydrogen-bond donors (Lipinski definition) is 2. The van der Waals surface area contributed by atoms with Crippen LogP contribution in [0.25, 0.3) is 0 Å². The van der Waals surface area contributed by atoms with Crippen LogP contribution in [-0.2, 0) is 0 Å². The summed E-state index contributed by atoms with van der Waals surface area (Å²) < 4.78 is 0. The zero-order chi connectivity index (χ0) is 24.5. The third-order valence-corrected chi connectivity index (χ3v) is 4.42. The van der Waals surface area contributed by atoms with Crippen molar-refractivity contribution in [1.82, 2.24) is 10.9 Å². The largest absolute Gasteiger partial charge is 0.278 e. The van der Waals surface area contributed by atoms with Crippen molar-refractivity contribution in [3.05, 3.63) is 115 Å². The molecule has 0 bridgehead atoms. The van der Waals surface area contributed by atoms with Crippen molar-refractivity contribution in [2.24, 2.45) is 10.2 Å². The van der Waals surface area contributed by atoms with Crippen LogP contribution in [0.4, 0.5) is 11.4 Å². The molecular formula is C22H16N6O6. The lowest BCUT2D eigenvalue weighted by Crippen LogP contribution is -2.19. The van der Waals surface area contributed by atoms with Crippen LogP contribution >= 0.6 is 0 Å². The number of nitro groups is 2. The molecule has 0 saturated carbocycles. The average Bonchev–Trinajstić information content (AvgIpc) is 2.84. The quantitative estimate of drug-likeness (QED) is 0.297. The molecule has 3 aromatic rings. The Kier molecular flexibility index (Phi) is 7.47. The summed E-state index contributed by atoms with van der Waals surface area (Å²) in [5.41, 5.74) is 5.05. The van der Waals surface area contributed by atoms with E-state index in [1.165, 1.54) is 60.7 Å². The van der Waals surface area contributed by atoms with Crippen molar-refractivity contribution in [2.45, 2.75) is 0 Å². The minimum atomic E-state index is -0.587. The van der Waals surface area contributed by atoms with Crippen molar-refractivity contribution in [1.29, 1.82) is 0 Å². The van der Waals surface area contributed by atoms with Crippen LogP contribution in [0.1, 0.15) is 31.8 Å². The Hall–Kier alpha value is -5.26. The number of carbonyl (C=O) groups excluding carboxylic acids is 2. The minimum Gasteiger partial charge on any atom is -0.267 e. The predicted octanol–water partition coefficient (Wildman–Crippen LogP) is 3.03. The molecule has 34 heavy (non-hydrogen) atoms. The zero-order valence-electron chi connectivity index (χ0n) is 17.3. The third kappa shape index (κ3) is 5.91. The normalized spacial score (nSPS) is 10.8. The van der Waals surface area contributed by atoms with E-state index in [0.717, 1.165) is 12.4 Å². The fourth-order valence-electron chi connectivity index (χ4n) is 2.75. The van der Waals surface area contributed by atoms with Gasteiger partial charge >= 0.3 is 0 Å². The Labute approximate surface area is 191 Å². The predicted molar refractivity (Wildman–Crippen MR) is 123 cm³/mol. The summed E-state index contributed by atoms with van der Waals surface area (Å²) in [7, 11) is 0.